The number of piperidine rings is 1. The van der Waals surface area contributed by atoms with Gasteiger partial charge in [0.15, 0.2) is 5.65 Å². The Hall–Kier alpha value is -2.11. The van der Waals surface area contributed by atoms with Crippen LogP contribution in [0.4, 0.5) is 0 Å². The second kappa shape index (κ2) is 6.42. The Bertz CT molecular complexity index is 818. The van der Waals surface area contributed by atoms with Crippen LogP contribution < -0.4 is 5.56 Å². The fourth-order valence-corrected chi connectivity index (χ4v) is 3.82. The van der Waals surface area contributed by atoms with E-state index >= 15 is 0 Å². The summed E-state index contributed by atoms with van der Waals surface area (Å²) in [6.07, 6.45) is 3.70. The summed E-state index contributed by atoms with van der Waals surface area (Å²) in [5.41, 5.74) is 3.03. The number of carbonyl (C=O) groups is 1. The largest absolute Gasteiger partial charge is 0.339 e. The maximum Gasteiger partial charge on any atom is 0.266 e. The number of aromatic amines is 1. The summed E-state index contributed by atoms with van der Waals surface area (Å²) in [6.45, 7) is 9.05. The SMILES string of the molecule is Cc1nc2cc(=O)[nH]n2c(C)c1CC(=O)N1CCCCC1C(C)C. The van der Waals surface area contributed by atoms with Crippen molar-refractivity contribution in [2.75, 3.05) is 6.54 Å². The van der Waals surface area contributed by atoms with Crippen LogP contribution in [0.1, 0.15) is 50.1 Å². The topological polar surface area (TPSA) is 70.5 Å². The van der Waals surface area contributed by atoms with Crippen molar-refractivity contribution >= 4 is 11.6 Å². The van der Waals surface area contributed by atoms with Crippen LogP contribution >= 0.6 is 0 Å². The van der Waals surface area contributed by atoms with E-state index in [1.165, 1.54) is 12.5 Å². The van der Waals surface area contributed by atoms with Crippen molar-refractivity contribution in [3.63, 3.8) is 0 Å². The van der Waals surface area contributed by atoms with Gasteiger partial charge in [-0.25, -0.2) is 9.50 Å². The van der Waals surface area contributed by atoms with Gasteiger partial charge in [0.2, 0.25) is 5.91 Å². The van der Waals surface area contributed by atoms with Gasteiger partial charge < -0.3 is 4.90 Å². The minimum Gasteiger partial charge on any atom is -0.339 e. The Morgan fingerprint density at radius 3 is 2.83 bits per heavy atom. The van der Waals surface area contributed by atoms with Gasteiger partial charge in [-0.05, 0) is 39.0 Å². The summed E-state index contributed by atoms with van der Waals surface area (Å²) in [5, 5.41) is 2.75. The molecule has 1 amide bonds. The van der Waals surface area contributed by atoms with Crippen molar-refractivity contribution in [3.8, 4) is 0 Å². The van der Waals surface area contributed by atoms with E-state index in [2.05, 4.69) is 28.8 Å². The van der Waals surface area contributed by atoms with E-state index in [1.54, 1.807) is 4.52 Å². The molecule has 1 unspecified atom stereocenters. The Balaban J connectivity index is 1.91. The van der Waals surface area contributed by atoms with Crippen LogP contribution in [-0.4, -0.2) is 38.0 Å². The molecule has 130 valence electrons. The van der Waals surface area contributed by atoms with Gasteiger partial charge in [-0.15, -0.1) is 0 Å². The maximum atomic E-state index is 12.9. The van der Waals surface area contributed by atoms with Crippen molar-refractivity contribution in [2.24, 2.45) is 5.92 Å². The van der Waals surface area contributed by atoms with Crippen LogP contribution in [0.15, 0.2) is 10.9 Å². The molecular formula is C18H26N4O2. The molecule has 1 N–H and O–H groups in total. The number of nitrogens with zero attached hydrogens (tertiary/aromatic N) is 3. The molecule has 6 nitrogen and oxygen atoms in total. The van der Waals surface area contributed by atoms with Gasteiger partial charge >= 0.3 is 0 Å². The van der Waals surface area contributed by atoms with Gasteiger partial charge in [-0.2, -0.15) is 0 Å². The molecule has 1 fully saturated rings. The molecule has 3 heterocycles. The summed E-state index contributed by atoms with van der Waals surface area (Å²) in [4.78, 5) is 31.0. The average Bonchev–Trinajstić information content (AvgIpc) is 2.91. The molecule has 2 aromatic rings. The third kappa shape index (κ3) is 2.97. The number of fused-ring (bicyclic) bond motifs is 1. The molecule has 24 heavy (non-hydrogen) atoms. The van der Waals surface area contributed by atoms with E-state index in [4.69, 9.17) is 0 Å². The van der Waals surface area contributed by atoms with Gasteiger partial charge in [-0.1, -0.05) is 13.8 Å². The zero-order valence-corrected chi connectivity index (χ0v) is 14.9. The molecule has 1 atom stereocenters. The van der Waals surface area contributed by atoms with Crippen molar-refractivity contribution in [1.29, 1.82) is 0 Å². The fraction of sp³-hybridized carbons (Fsp3) is 0.611. The molecule has 0 aliphatic carbocycles. The Labute approximate surface area is 141 Å². The number of hydrogen-bond acceptors (Lipinski definition) is 3. The van der Waals surface area contributed by atoms with Gasteiger partial charge in [0.05, 0.1) is 6.42 Å². The van der Waals surface area contributed by atoms with Crippen LogP contribution in [0.5, 0.6) is 0 Å². The number of aryl methyl sites for hydroxylation is 2. The van der Waals surface area contributed by atoms with E-state index in [0.717, 1.165) is 36.3 Å². The predicted octanol–water partition coefficient (Wildman–Crippen LogP) is 2.22. The Morgan fingerprint density at radius 2 is 2.12 bits per heavy atom. The second-order valence-electron chi connectivity index (χ2n) is 7.15. The molecule has 0 aromatic carbocycles. The van der Waals surface area contributed by atoms with Crippen molar-refractivity contribution in [1.82, 2.24) is 19.5 Å². The van der Waals surface area contributed by atoms with Gasteiger partial charge in [-0.3, -0.25) is 14.7 Å². The summed E-state index contributed by atoms with van der Waals surface area (Å²) in [7, 11) is 0. The zero-order chi connectivity index (χ0) is 17.4. The van der Waals surface area contributed by atoms with E-state index in [1.807, 2.05) is 13.8 Å². The number of nitrogens with one attached hydrogen (secondary N) is 1. The second-order valence-corrected chi connectivity index (χ2v) is 7.15. The first-order chi connectivity index (χ1) is 11.4. The smallest absolute Gasteiger partial charge is 0.266 e. The number of amides is 1. The van der Waals surface area contributed by atoms with E-state index in [0.29, 0.717) is 24.0 Å². The number of aromatic nitrogens is 3. The Morgan fingerprint density at radius 1 is 1.38 bits per heavy atom. The van der Waals surface area contributed by atoms with Gasteiger partial charge in [0.1, 0.15) is 0 Å². The van der Waals surface area contributed by atoms with Crippen LogP contribution in [0.2, 0.25) is 0 Å². The molecule has 1 aliphatic heterocycles. The lowest BCUT2D eigenvalue weighted by molar-refractivity contribution is -0.135. The maximum absolute atomic E-state index is 12.9. The molecule has 0 spiro atoms. The third-order valence-corrected chi connectivity index (χ3v) is 5.17. The molecule has 3 rings (SSSR count). The lowest BCUT2D eigenvalue weighted by atomic mass is 9.92. The summed E-state index contributed by atoms with van der Waals surface area (Å²) < 4.78 is 1.67. The third-order valence-electron chi connectivity index (χ3n) is 5.17. The summed E-state index contributed by atoms with van der Waals surface area (Å²) in [5.74, 6) is 0.633. The van der Waals surface area contributed by atoms with Crippen LogP contribution in [0.25, 0.3) is 5.65 Å². The fourth-order valence-electron chi connectivity index (χ4n) is 3.82. The predicted molar refractivity (Wildman–Crippen MR) is 93.2 cm³/mol. The lowest BCUT2D eigenvalue weighted by Gasteiger charge is -2.38. The first kappa shape index (κ1) is 16.7. The first-order valence-corrected chi connectivity index (χ1v) is 8.76. The van der Waals surface area contributed by atoms with Crippen LogP contribution in [0, 0.1) is 19.8 Å². The lowest BCUT2D eigenvalue weighted by Crippen LogP contribution is -2.47. The highest BCUT2D eigenvalue weighted by Gasteiger charge is 2.29. The molecule has 2 aromatic heterocycles. The molecule has 6 heteroatoms. The average molecular weight is 330 g/mol. The number of hydrogen-bond donors (Lipinski definition) is 1. The zero-order valence-electron chi connectivity index (χ0n) is 14.9. The van der Waals surface area contributed by atoms with Crippen LogP contribution in [0.3, 0.4) is 0 Å². The molecule has 0 saturated carbocycles. The highest BCUT2D eigenvalue weighted by Crippen LogP contribution is 2.24. The summed E-state index contributed by atoms with van der Waals surface area (Å²) in [6, 6.07) is 1.81. The van der Waals surface area contributed by atoms with Crippen LogP contribution in [-0.2, 0) is 11.2 Å². The van der Waals surface area contributed by atoms with Crippen molar-refractivity contribution in [3.05, 3.63) is 33.4 Å². The number of rotatable bonds is 3. The van der Waals surface area contributed by atoms with E-state index in [-0.39, 0.29) is 11.5 Å². The van der Waals surface area contributed by atoms with Gasteiger partial charge in [0, 0.05) is 35.6 Å². The highest BCUT2D eigenvalue weighted by molar-refractivity contribution is 5.80. The molecular weight excluding hydrogens is 304 g/mol. The minimum atomic E-state index is -0.177. The molecule has 0 bridgehead atoms. The monoisotopic (exact) mass is 330 g/mol. The number of likely N-dealkylation sites (tertiary alicyclic amines) is 1. The van der Waals surface area contributed by atoms with E-state index in [9.17, 15) is 9.59 Å². The standard InChI is InChI=1S/C18H26N4O2/c1-11(2)15-7-5-6-8-21(15)18(24)9-14-12(3)19-16-10-17(23)20-22(16)13(14)4/h10-11,15H,5-9H2,1-4H3,(H,20,23). The summed E-state index contributed by atoms with van der Waals surface area (Å²) >= 11 is 0. The minimum absolute atomic E-state index is 0.162. The van der Waals surface area contributed by atoms with Gasteiger partial charge in [0.25, 0.3) is 5.56 Å². The molecule has 1 aliphatic rings. The Kier molecular flexibility index (Phi) is 4.47. The quantitative estimate of drug-likeness (QED) is 0.938. The highest BCUT2D eigenvalue weighted by atomic mass is 16.2. The van der Waals surface area contributed by atoms with Crippen molar-refractivity contribution in [2.45, 2.75) is 59.4 Å². The van der Waals surface area contributed by atoms with E-state index < -0.39 is 0 Å². The normalized spacial score (nSPS) is 18.5. The number of carbonyl (C=O) groups excluding carboxylic acids is 1. The van der Waals surface area contributed by atoms with Crippen molar-refractivity contribution < 1.29 is 4.79 Å². The first-order valence-electron chi connectivity index (χ1n) is 8.76. The number of H-pyrrole nitrogens is 1. The molecule has 0 radical (unpaired) electrons. The molecule has 1 saturated heterocycles.